The fraction of sp³-hybridized carbons (Fsp3) is 0.412. The molecular weight excluding hydrogens is 306 g/mol. The molecular formula is C17H21N5O2. The van der Waals surface area contributed by atoms with Gasteiger partial charge >= 0.3 is 5.97 Å². The Balaban J connectivity index is 1.97. The third-order valence-corrected chi connectivity index (χ3v) is 3.48. The second kappa shape index (κ2) is 8.79. The topological polar surface area (TPSA) is 73.1 Å². The average molecular weight is 327 g/mol. The summed E-state index contributed by atoms with van der Waals surface area (Å²) in [5, 5.41) is 11.0. The van der Waals surface area contributed by atoms with Gasteiger partial charge in [0.05, 0.1) is 17.8 Å². The predicted molar refractivity (Wildman–Crippen MR) is 89.6 cm³/mol. The van der Waals surface area contributed by atoms with E-state index >= 15 is 0 Å². The Labute approximate surface area is 141 Å². The molecule has 1 atom stereocenters. The van der Waals surface area contributed by atoms with Gasteiger partial charge in [-0.1, -0.05) is 31.8 Å². The van der Waals surface area contributed by atoms with Gasteiger partial charge in [-0.3, -0.25) is 4.90 Å². The van der Waals surface area contributed by atoms with Crippen LogP contribution < -0.4 is 0 Å². The van der Waals surface area contributed by atoms with Crippen LogP contribution >= 0.6 is 0 Å². The first kappa shape index (κ1) is 17.6. The molecule has 1 aromatic heterocycles. The molecule has 1 unspecified atom stereocenters. The summed E-state index contributed by atoms with van der Waals surface area (Å²) < 4.78 is 6.84. The highest BCUT2D eigenvalue weighted by molar-refractivity contribution is 5.90. The standard InChI is InChI=1S/C17H21N5O2/c1-4-21(5-2)11-7-8-14(3)24-17(23)15-9-6-10-16(12-15)22-13-18-19-20-22/h6,9-10,12-14H,4-5,11H2,1-3H3. The molecule has 7 heteroatoms. The highest BCUT2D eigenvalue weighted by atomic mass is 16.5. The van der Waals surface area contributed by atoms with Crippen LogP contribution in [0.1, 0.15) is 31.1 Å². The molecule has 0 radical (unpaired) electrons. The van der Waals surface area contributed by atoms with E-state index in [0.717, 1.165) is 13.1 Å². The van der Waals surface area contributed by atoms with Crippen LogP contribution in [0.4, 0.5) is 0 Å². The minimum atomic E-state index is -0.468. The van der Waals surface area contributed by atoms with Gasteiger partial charge in [0.25, 0.3) is 0 Å². The van der Waals surface area contributed by atoms with E-state index in [4.69, 9.17) is 4.74 Å². The number of hydrogen-bond donors (Lipinski definition) is 0. The summed E-state index contributed by atoms with van der Waals surface area (Å²) in [5.74, 6) is 5.58. The number of carbonyl (C=O) groups is 1. The summed E-state index contributed by atoms with van der Waals surface area (Å²) in [6.07, 6.45) is 0.996. The SMILES string of the molecule is CCN(CC)CC#CC(C)OC(=O)c1cccc(-n2cnnn2)c1. The van der Waals surface area contributed by atoms with Crippen molar-refractivity contribution in [1.82, 2.24) is 25.1 Å². The number of rotatable bonds is 6. The minimum absolute atomic E-state index is 0.422. The van der Waals surface area contributed by atoms with Gasteiger partial charge in [0.15, 0.2) is 6.10 Å². The van der Waals surface area contributed by atoms with Crippen molar-refractivity contribution in [3.63, 3.8) is 0 Å². The highest BCUT2D eigenvalue weighted by Crippen LogP contribution is 2.10. The van der Waals surface area contributed by atoms with Crippen LogP contribution in [0.25, 0.3) is 5.69 Å². The molecule has 24 heavy (non-hydrogen) atoms. The van der Waals surface area contributed by atoms with Gasteiger partial charge in [0.2, 0.25) is 0 Å². The molecule has 2 rings (SSSR count). The van der Waals surface area contributed by atoms with Crippen molar-refractivity contribution >= 4 is 5.97 Å². The number of benzene rings is 1. The van der Waals surface area contributed by atoms with Crippen LogP contribution in [0.5, 0.6) is 0 Å². The Morgan fingerprint density at radius 3 is 2.83 bits per heavy atom. The lowest BCUT2D eigenvalue weighted by Crippen LogP contribution is -2.23. The highest BCUT2D eigenvalue weighted by Gasteiger charge is 2.11. The van der Waals surface area contributed by atoms with Gasteiger partial charge in [-0.05, 0) is 48.6 Å². The summed E-state index contributed by atoms with van der Waals surface area (Å²) in [7, 11) is 0. The first-order valence-electron chi connectivity index (χ1n) is 7.89. The van der Waals surface area contributed by atoms with Crippen molar-refractivity contribution in [2.24, 2.45) is 0 Å². The maximum absolute atomic E-state index is 12.2. The summed E-state index contributed by atoms with van der Waals surface area (Å²) in [6.45, 7) is 8.51. The van der Waals surface area contributed by atoms with E-state index in [1.165, 1.54) is 11.0 Å². The predicted octanol–water partition coefficient (Wildman–Crippen LogP) is 1.55. The monoisotopic (exact) mass is 327 g/mol. The van der Waals surface area contributed by atoms with E-state index in [2.05, 4.69) is 46.1 Å². The number of tetrazole rings is 1. The summed E-state index contributed by atoms with van der Waals surface area (Å²) in [4.78, 5) is 14.4. The fourth-order valence-electron chi connectivity index (χ4n) is 2.06. The molecule has 0 aliphatic rings. The maximum Gasteiger partial charge on any atom is 0.339 e. The van der Waals surface area contributed by atoms with Crippen molar-refractivity contribution < 1.29 is 9.53 Å². The maximum atomic E-state index is 12.2. The summed E-state index contributed by atoms with van der Waals surface area (Å²) >= 11 is 0. The normalized spacial score (nSPS) is 11.7. The first-order chi connectivity index (χ1) is 11.6. The molecule has 7 nitrogen and oxygen atoms in total. The zero-order valence-corrected chi connectivity index (χ0v) is 14.1. The molecule has 0 N–H and O–H groups in total. The number of carbonyl (C=O) groups excluding carboxylic acids is 1. The van der Waals surface area contributed by atoms with Crippen LogP contribution in [-0.4, -0.2) is 56.8 Å². The van der Waals surface area contributed by atoms with Gasteiger partial charge in [-0.25, -0.2) is 9.48 Å². The van der Waals surface area contributed by atoms with E-state index in [9.17, 15) is 4.79 Å². The first-order valence-corrected chi connectivity index (χ1v) is 7.89. The van der Waals surface area contributed by atoms with Crippen LogP contribution in [-0.2, 0) is 4.74 Å². The zero-order valence-electron chi connectivity index (χ0n) is 14.1. The van der Waals surface area contributed by atoms with Crippen LogP contribution in [0.3, 0.4) is 0 Å². The molecule has 1 heterocycles. The molecule has 0 bridgehead atoms. The van der Waals surface area contributed by atoms with E-state index in [1.807, 2.05) is 0 Å². The van der Waals surface area contributed by atoms with Crippen molar-refractivity contribution in [3.8, 4) is 17.5 Å². The van der Waals surface area contributed by atoms with E-state index in [-0.39, 0.29) is 0 Å². The molecule has 1 aromatic carbocycles. The van der Waals surface area contributed by atoms with E-state index in [0.29, 0.717) is 17.8 Å². The van der Waals surface area contributed by atoms with Crippen LogP contribution in [0, 0.1) is 11.8 Å². The smallest absolute Gasteiger partial charge is 0.339 e. The molecule has 0 saturated heterocycles. The number of nitrogens with zero attached hydrogens (tertiary/aromatic N) is 5. The Hall–Kier alpha value is -2.72. The van der Waals surface area contributed by atoms with Crippen molar-refractivity contribution in [1.29, 1.82) is 0 Å². The molecule has 0 saturated carbocycles. The van der Waals surface area contributed by atoms with Gasteiger partial charge in [0, 0.05) is 0 Å². The van der Waals surface area contributed by atoms with E-state index < -0.39 is 12.1 Å². The Morgan fingerprint density at radius 1 is 1.38 bits per heavy atom. The van der Waals surface area contributed by atoms with Gasteiger partial charge in [-0.2, -0.15) is 0 Å². The fourth-order valence-corrected chi connectivity index (χ4v) is 2.06. The molecule has 126 valence electrons. The molecule has 0 aliphatic heterocycles. The zero-order chi connectivity index (χ0) is 17.4. The number of aromatic nitrogens is 4. The van der Waals surface area contributed by atoms with Gasteiger partial charge in [0.1, 0.15) is 6.33 Å². The van der Waals surface area contributed by atoms with Crippen molar-refractivity contribution in [3.05, 3.63) is 36.2 Å². The molecule has 0 fully saturated rings. The summed E-state index contributed by atoms with van der Waals surface area (Å²) in [5.41, 5.74) is 1.12. The third-order valence-electron chi connectivity index (χ3n) is 3.48. The second-order valence-corrected chi connectivity index (χ2v) is 5.13. The number of esters is 1. The van der Waals surface area contributed by atoms with Gasteiger partial charge < -0.3 is 4.74 Å². The lowest BCUT2D eigenvalue weighted by Gasteiger charge is -2.13. The average Bonchev–Trinajstić information content (AvgIpc) is 3.13. The van der Waals surface area contributed by atoms with Crippen molar-refractivity contribution in [2.45, 2.75) is 26.9 Å². The lowest BCUT2D eigenvalue weighted by molar-refractivity contribution is 0.0438. The molecule has 0 amide bonds. The summed E-state index contributed by atoms with van der Waals surface area (Å²) in [6, 6.07) is 6.92. The third kappa shape index (κ3) is 4.89. The van der Waals surface area contributed by atoms with Crippen LogP contribution in [0.15, 0.2) is 30.6 Å². The lowest BCUT2D eigenvalue weighted by atomic mass is 10.2. The quantitative estimate of drug-likeness (QED) is 0.592. The molecule has 2 aromatic rings. The number of ether oxygens (including phenoxy) is 1. The Bertz CT molecular complexity index is 714. The van der Waals surface area contributed by atoms with Crippen molar-refractivity contribution in [2.75, 3.05) is 19.6 Å². The largest absolute Gasteiger partial charge is 0.446 e. The number of hydrogen-bond acceptors (Lipinski definition) is 6. The molecule has 0 spiro atoms. The van der Waals surface area contributed by atoms with Gasteiger partial charge in [-0.15, -0.1) is 5.10 Å². The second-order valence-electron chi connectivity index (χ2n) is 5.13. The van der Waals surface area contributed by atoms with E-state index in [1.54, 1.807) is 31.2 Å². The molecule has 0 aliphatic carbocycles. The Morgan fingerprint density at radius 2 is 2.17 bits per heavy atom. The Kier molecular flexibility index (Phi) is 6.46. The van der Waals surface area contributed by atoms with Crippen LogP contribution in [0.2, 0.25) is 0 Å². The minimum Gasteiger partial charge on any atom is -0.446 e.